The van der Waals surface area contributed by atoms with Crippen LogP contribution < -0.4 is 10.6 Å². The van der Waals surface area contributed by atoms with Crippen LogP contribution >= 0.6 is 0 Å². The van der Waals surface area contributed by atoms with E-state index < -0.39 is 0 Å². The van der Waals surface area contributed by atoms with Gasteiger partial charge in [0.25, 0.3) is 0 Å². The molecule has 0 aromatic carbocycles. The molecule has 0 saturated carbocycles. The van der Waals surface area contributed by atoms with Crippen LogP contribution in [0.25, 0.3) is 0 Å². The molecule has 1 aliphatic heterocycles. The van der Waals surface area contributed by atoms with Crippen LogP contribution in [0.4, 0.5) is 0 Å². The largest absolute Gasteiger partial charge is 0.392 e. The number of hydrogen-bond donors (Lipinski definition) is 3. The van der Waals surface area contributed by atoms with Crippen LogP contribution in [0.5, 0.6) is 0 Å². The molecule has 0 bridgehead atoms. The summed E-state index contributed by atoms with van der Waals surface area (Å²) in [6.45, 7) is 6.11. The van der Waals surface area contributed by atoms with Crippen molar-refractivity contribution in [2.45, 2.75) is 32.3 Å². The lowest BCUT2D eigenvalue weighted by Crippen LogP contribution is -2.38. The van der Waals surface area contributed by atoms with E-state index >= 15 is 0 Å². The first-order chi connectivity index (χ1) is 6.33. The van der Waals surface area contributed by atoms with E-state index in [-0.39, 0.29) is 6.10 Å². The second kappa shape index (κ2) is 6.35. The molecule has 78 valence electrons. The lowest BCUT2D eigenvalue weighted by atomic mass is 10.00. The van der Waals surface area contributed by atoms with Gasteiger partial charge in [0.1, 0.15) is 0 Å². The summed E-state index contributed by atoms with van der Waals surface area (Å²) in [6.07, 6.45) is 3.29. The maximum Gasteiger partial charge on any atom is 0.0662 e. The fourth-order valence-corrected chi connectivity index (χ4v) is 1.70. The second-order valence-corrected chi connectivity index (χ2v) is 3.93. The maximum atomic E-state index is 9.31. The number of aliphatic hydroxyl groups is 1. The highest BCUT2D eigenvalue weighted by atomic mass is 16.3. The summed E-state index contributed by atoms with van der Waals surface area (Å²) in [5.41, 5.74) is 0. The number of piperidine rings is 1. The van der Waals surface area contributed by atoms with Crippen LogP contribution in [0.3, 0.4) is 0 Å². The molecule has 3 N–H and O–H groups in total. The first kappa shape index (κ1) is 11.0. The predicted octanol–water partition coefficient (Wildman–Crippen LogP) is 0.346. The Kier molecular flexibility index (Phi) is 5.35. The zero-order chi connectivity index (χ0) is 9.52. The molecule has 0 aromatic heterocycles. The van der Waals surface area contributed by atoms with Gasteiger partial charge in [-0.05, 0) is 44.8 Å². The lowest BCUT2D eigenvalue weighted by Gasteiger charge is -2.23. The third-order valence-corrected chi connectivity index (χ3v) is 2.68. The van der Waals surface area contributed by atoms with E-state index in [0.29, 0.717) is 0 Å². The highest BCUT2D eigenvalue weighted by Crippen LogP contribution is 2.07. The molecular weight excluding hydrogens is 164 g/mol. The summed E-state index contributed by atoms with van der Waals surface area (Å²) in [7, 11) is 0. The van der Waals surface area contributed by atoms with Gasteiger partial charge < -0.3 is 15.7 Å². The highest BCUT2D eigenvalue weighted by molar-refractivity contribution is 4.71. The Labute approximate surface area is 80.9 Å². The second-order valence-electron chi connectivity index (χ2n) is 3.93. The van der Waals surface area contributed by atoms with Gasteiger partial charge in [-0.2, -0.15) is 0 Å². The van der Waals surface area contributed by atoms with E-state index in [1.54, 1.807) is 0 Å². The minimum Gasteiger partial charge on any atom is -0.392 e. The Hall–Kier alpha value is -0.120. The minimum absolute atomic E-state index is 0.170. The Morgan fingerprint density at radius 3 is 3.08 bits per heavy atom. The molecule has 13 heavy (non-hydrogen) atoms. The van der Waals surface area contributed by atoms with Crippen molar-refractivity contribution in [3.8, 4) is 0 Å². The normalized spacial score (nSPS) is 25.8. The van der Waals surface area contributed by atoms with E-state index in [1.807, 2.05) is 6.92 Å². The van der Waals surface area contributed by atoms with Crippen molar-refractivity contribution in [3.05, 3.63) is 0 Å². The number of nitrogens with one attached hydrogen (secondary N) is 2. The molecule has 0 unspecified atom stereocenters. The molecule has 3 heteroatoms. The summed E-state index contributed by atoms with van der Waals surface area (Å²) in [5.74, 6) is 0.762. The first-order valence-corrected chi connectivity index (χ1v) is 5.42. The average molecular weight is 186 g/mol. The molecule has 1 heterocycles. The SMILES string of the molecule is CC[C@@H](O)CNC[C@H]1CCCNC1. The van der Waals surface area contributed by atoms with Gasteiger partial charge in [-0.3, -0.25) is 0 Å². The fourth-order valence-electron chi connectivity index (χ4n) is 1.70. The Bertz CT molecular complexity index is 124. The summed E-state index contributed by atoms with van der Waals surface area (Å²) < 4.78 is 0. The topological polar surface area (TPSA) is 44.3 Å². The van der Waals surface area contributed by atoms with Crippen molar-refractivity contribution in [2.75, 3.05) is 26.2 Å². The Morgan fingerprint density at radius 2 is 2.46 bits per heavy atom. The van der Waals surface area contributed by atoms with Gasteiger partial charge in [-0.1, -0.05) is 6.92 Å². The van der Waals surface area contributed by atoms with Gasteiger partial charge in [0.05, 0.1) is 6.10 Å². The van der Waals surface area contributed by atoms with Crippen molar-refractivity contribution >= 4 is 0 Å². The standard InChI is InChI=1S/C10H22N2O/c1-2-10(13)8-12-7-9-4-3-5-11-6-9/h9-13H,2-8H2,1H3/t9-,10+/m0/s1. The van der Waals surface area contributed by atoms with Crippen LogP contribution in [0, 0.1) is 5.92 Å². The molecule has 1 fully saturated rings. The monoisotopic (exact) mass is 186 g/mol. The van der Waals surface area contributed by atoms with E-state index in [1.165, 1.54) is 19.4 Å². The first-order valence-electron chi connectivity index (χ1n) is 5.42. The van der Waals surface area contributed by atoms with E-state index in [4.69, 9.17) is 0 Å². The molecule has 0 spiro atoms. The predicted molar refractivity (Wildman–Crippen MR) is 54.8 cm³/mol. The minimum atomic E-state index is -0.170. The molecule has 1 aliphatic rings. The van der Waals surface area contributed by atoms with Gasteiger partial charge in [-0.15, -0.1) is 0 Å². The highest BCUT2D eigenvalue weighted by Gasteiger charge is 2.12. The Morgan fingerprint density at radius 1 is 1.62 bits per heavy atom. The number of aliphatic hydroxyl groups excluding tert-OH is 1. The summed E-state index contributed by atoms with van der Waals surface area (Å²) in [6, 6.07) is 0. The lowest BCUT2D eigenvalue weighted by molar-refractivity contribution is 0.164. The van der Waals surface area contributed by atoms with E-state index in [2.05, 4.69) is 10.6 Å². The molecule has 3 nitrogen and oxygen atoms in total. The molecule has 0 aromatic rings. The van der Waals surface area contributed by atoms with Crippen molar-refractivity contribution in [1.29, 1.82) is 0 Å². The van der Waals surface area contributed by atoms with E-state index in [0.717, 1.165) is 32.0 Å². The molecular formula is C10H22N2O. The smallest absolute Gasteiger partial charge is 0.0662 e. The van der Waals surface area contributed by atoms with Crippen LogP contribution in [0.2, 0.25) is 0 Å². The van der Waals surface area contributed by atoms with Crippen LogP contribution in [0.1, 0.15) is 26.2 Å². The van der Waals surface area contributed by atoms with Gasteiger partial charge in [-0.25, -0.2) is 0 Å². The van der Waals surface area contributed by atoms with Gasteiger partial charge in [0.2, 0.25) is 0 Å². The molecule has 1 rings (SSSR count). The molecule has 0 amide bonds. The zero-order valence-electron chi connectivity index (χ0n) is 8.55. The van der Waals surface area contributed by atoms with Gasteiger partial charge >= 0.3 is 0 Å². The molecule has 2 atom stereocenters. The maximum absolute atomic E-state index is 9.31. The van der Waals surface area contributed by atoms with Crippen LogP contribution in [-0.4, -0.2) is 37.4 Å². The third-order valence-electron chi connectivity index (χ3n) is 2.68. The number of hydrogen-bond acceptors (Lipinski definition) is 3. The zero-order valence-corrected chi connectivity index (χ0v) is 8.55. The number of rotatable bonds is 5. The fraction of sp³-hybridized carbons (Fsp3) is 1.00. The van der Waals surface area contributed by atoms with Crippen LogP contribution in [-0.2, 0) is 0 Å². The summed E-state index contributed by atoms with van der Waals surface area (Å²) >= 11 is 0. The van der Waals surface area contributed by atoms with E-state index in [9.17, 15) is 5.11 Å². The average Bonchev–Trinajstić information content (AvgIpc) is 2.19. The van der Waals surface area contributed by atoms with Crippen molar-refractivity contribution in [2.24, 2.45) is 5.92 Å². The van der Waals surface area contributed by atoms with Crippen molar-refractivity contribution in [1.82, 2.24) is 10.6 Å². The molecule has 0 aliphatic carbocycles. The van der Waals surface area contributed by atoms with Gasteiger partial charge in [0, 0.05) is 6.54 Å². The molecule has 0 radical (unpaired) electrons. The van der Waals surface area contributed by atoms with Crippen molar-refractivity contribution < 1.29 is 5.11 Å². The Balaban J connectivity index is 1.98. The molecule has 1 saturated heterocycles. The van der Waals surface area contributed by atoms with Crippen molar-refractivity contribution in [3.63, 3.8) is 0 Å². The summed E-state index contributed by atoms with van der Waals surface area (Å²) in [5, 5.41) is 16.0. The van der Waals surface area contributed by atoms with Crippen LogP contribution in [0.15, 0.2) is 0 Å². The summed E-state index contributed by atoms with van der Waals surface area (Å²) in [4.78, 5) is 0. The third kappa shape index (κ3) is 4.60. The quantitative estimate of drug-likeness (QED) is 0.580. The van der Waals surface area contributed by atoms with Gasteiger partial charge in [0.15, 0.2) is 0 Å².